The molecule has 0 radical (unpaired) electrons. The summed E-state index contributed by atoms with van der Waals surface area (Å²) in [5.74, 6) is 0.0130. The number of aryl methyl sites for hydroxylation is 1. The molecule has 6 nitrogen and oxygen atoms in total. The highest BCUT2D eigenvalue weighted by Crippen LogP contribution is 2.18. The standard InChI is InChI=1S/C14H20N4O2S/c1-10(18-6-4-5-16-18)7-13(19)15-8-12-11(2)17-14(21-12)9-20-3/h4-6,10H,7-9H2,1-3H3,(H,15,19)/t10-/m0/s1. The van der Waals surface area contributed by atoms with Crippen LogP contribution in [-0.4, -0.2) is 27.8 Å². The van der Waals surface area contributed by atoms with E-state index in [1.807, 2.05) is 26.1 Å². The summed E-state index contributed by atoms with van der Waals surface area (Å²) in [5, 5.41) is 8.01. The highest BCUT2D eigenvalue weighted by molar-refractivity contribution is 7.11. The number of thiazole rings is 1. The number of carbonyl (C=O) groups is 1. The number of hydrogen-bond donors (Lipinski definition) is 1. The summed E-state index contributed by atoms with van der Waals surface area (Å²) in [4.78, 5) is 17.5. The number of nitrogens with zero attached hydrogens (tertiary/aromatic N) is 3. The van der Waals surface area contributed by atoms with E-state index in [0.717, 1.165) is 15.6 Å². The van der Waals surface area contributed by atoms with Crippen molar-refractivity contribution in [3.63, 3.8) is 0 Å². The summed E-state index contributed by atoms with van der Waals surface area (Å²) in [7, 11) is 1.65. The maximum atomic E-state index is 12.0. The van der Waals surface area contributed by atoms with E-state index < -0.39 is 0 Å². The zero-order chi connectivity index (χ0) is 15.2. The van der Waals surface area contributed by atoms with Crippen LogP contribution in [0.3, 0.4) is 0 Å². The second-order valence-corrected chi connectivity index (χ2v) is 6.03. The lowest BCUT2D eigenvalue weighted by atomic mass is 10.2. The van der Waals surface area contributed by atoms with Crippen molar-refractivity contribution in [2.45, 2.75) is 39.5 Å². The van der Waals surface area contributed by atoms with E-state index in [1.54, 1.807) is 29.3 Å². The van der Waals surface area contributed by atoms with Gasteiger partial charge in [-0.15, -0.1) is 11.3 Å². The van der Waals surface area contributed by atoms with Gasteiger partial charge in [-0.3, -0.25) is 9.48 Å². The monoisotopic (exact) mass is 308 g/mol. The van der Waals surface area contributed by atoms with E-state index in [0.29, 0.717) is 19.6 Å². The lowest BCUT2D eigenvalue weighted by Crippen LogP contribution is -2.25. The third-order valence-electron chi connectivity index (χ3n) is 3.11. The van der Waals surface area contributed by atoms with Crippen molar-refractivity contribution >= 4 is 17.2 Å². The van der Waals surface area contributed by atoms with Crippen LogP contribution in [0.15, 0.2) is 18.5 Å². The molecule has 7 heteroatoms. The van der Waals surface area contributed by atoms with Crippen LogP contribution < -0.4 is 5.32 Å². The molecule has 0 aromatic carbocycles. The minimum atomic E-state index is 0.0130. The van der Waals surface area contributed by atoms with E-state index in [-0.39, 0.29) is 11.9 Å². The Labute approximate surface area is 128 Å². The molecule has 0 saturated carbocycles. The quantitative estimate of drug-likeness (QED) is 0.850. The molecule has 1 amide bonds. The first-order valence-corrected chi connectivity index (χ1v) is 7.61. The molecule has 0 spiro atoms. The molecule has 0 aliphatic rings. The Kier molecular flexibility index (Phi) is 5.46. The van der Waals surface area contributed by atoms with E-state index in [9.17, 15) is 4.79 Å². The number of amides is 1. The minimum Gasteiger partial charge on any atom is -0.378 e. The van der Waals surface area contributed by atoms with Crippen LogP contribution in [0.4, 0.5) is 0 Å². The van der Waals surface area contributed by atoms with Gasteiger partial charge in [-0.05, 0) is 19.9 Å². The highest BCUT2D eigenvalue weighted by atomic mass is 32.1. The molecule has 0 aliphatic heterocycles. The maximum absolute atomic E-state index is 12.0. The summed E-state index contributed by atoms with van der Waals surface area (Å²) >= 11 is 1.57. The predicted molar refractivity (Wildman–Crippen MR) is 81.0 cm³/mol. The number of hydrogen-bond acceptors (Lipinski definition) is 5. The third-order valence-corrected chi connectivity index (χ3v) is 4.24. The smallest absolute Gasteiger partial charge is 0.222 e. The molecule has 0 bridgehead atoms. The molecule has 0 unspecified atom stereocenters. The molecule has 2 aromatic heterocycles. The van der Waals surface area contributed by atoms with Crippen LogP contribution in [0.2, 0.25) is 0 Å². The molecule has 2 heterocycles. The van der Waals surface area contributed by atoms with Crippen molar-refractivity contribution in [2.24, 2.45) is 0 Å². The van der Waals surface area contributed by atoms with Gasteiger partial charge in [0.1, 0.15) is 5.01 Å². The Bertz CT molecular complexity index is 580. The van der Waals surface area contributed by atoms with Crippen molar-refractivity contribution in [1.82, 2.24) is 20.1 Å². The van der Waals surface area contributed by atoms with Crippen LogP contribution >= 0.6 is 11.3 Å². The first-order valence-electron chi connectivity index (χ1n) is 6.80. The molecular weight excluding hydrogens is 288 g/mol. The average molecular weight is 308 g/mol. The molecule has 2 aromatic rings. The summed E-state index contributed by atoms with van der Waals surface area (Å²) in [6.07, 6.45) is 3.99. The van der Waals surface area contributed by atoms with Gasteiger partial charge in [-0.25, -0.2) is 4.98 Å². The van der Waals surface area contributed by atoms with Crippen molar-refractivity contribution in [1.29, 1.82) is 0 Å². The Morgan fingerprint density at radius 2 is 2.38 bits per heavy atom. The fourth-order valence-electron chi connectivity index (χ4n) is 1.99. The lowest BCUT2D eigenvalue weighted by Gasteiger charge is -2.11. The van der Waals surface area contributed by atoms with Crippen LogP contribution in [0.5, 0.6) is 0 Å². The number of nitrogens with one attached hydrogen (secondary N) is 1. The second kappa shape index (κ2) is 7.33. The molecular formula is C14H20N4O2S. The van der Waals surface area contributed by atoms with Gasteiger partial charge in [-0.1, -0.05) is 0 Å². The van der Waals surface area contributed by atoms with Gasteiger partial charge in [0.15, 0.2) is 0 Å². The summed E-state index contributed by atoms with van der Waals surface area (Å²) in [6.45, 7) is 4.94. The van der Waals surface area contributed by atoms with Crippen molar-refractivity contribution in [2.75, 3.05) is 7.11 Å². The summed E-state index contributed by atoms with van der Waals surface area (Å²) in [6, 6.07) is 1.90. The van der Waals surface area contributed by atoms with Crippen LogP contribution in [-0.2, 0) is 22.7 Å². The summed E-state index contributed by atoms with van der Waals surface area (Å²) in [5.41, 5.74) is 0.951. The fraction of sp³-hybridized carbons (Fsp3) is 0.500. The van der Waals surface area contributed by atoms with Crippen molar-refractivity contribution in [3.05, 3.63) is 34.0 Å². The molecule has 2 rings (SSSR count). The molecule has 0 saturated heterocycles. The topological polar surface area (TPSA) is 69.0 Å². The third kappa shape index (κ3) is 4.37. The molecule has 0 fully saturated rings. The van der Waals surface area contributed by atoms with Gasteiger partial charge in [0.05, 0.1) is 24.9 Å². The van der Waals surface area contributed by atoms with E-state index in [1.165, 1.54) is 0 Å². The van der Waals surface area contributed by atoms with Gasteiger partial charge in [0, 0.05) is 30.8 Å². The fourth-order valence-corrected chi connectivity index (χ4v) is 2.97. The largest absolute Gasteiger partial charge is 0.378 e. The highest BCUT2D eigenvalue weighted by Gasteiger charge is 2.12. The summed E-state index contributed by atoms with van der Waals surface area (Å²) < 4.78 is 6.85. The van der Waals surface area contributed by atoms with E-state index in [4.69, 9.17) is 4.74 Å². The zero-order valence-corrected chi connectivity index (χ0v) is 13.3. The zero-order valence-electron chi connectivity index (χ0n) is 12.5. The van der Waals surface area contributed by atoms with Crippen LogP contribution in [0.1, 0.15) is 35.0 Å². The second-order valence-electron chi connectivity index (χ2n) is 4.87. The van der Waals surface area contributed by atoms with Crippen LogP contribution in [0.25, 0.3) is 0 Å². The Balaban J connectivity index is 1.83. The van der Waals surface area contributed by atoms with Crippen LogP contribution in [0, 0.1) is 6.92 Å². The Morgan fingerprint density at radius 3 is 3.05 bits per heavy atom. The molecule has 114 valence electrons. The molecule has 0 aliphatic carbocycles. The number of ether oxygens (including phenoxy) is 1. The Hall–Kier alpha value is -1.73. The first-order chi connectivity index (χ1) is 10.1. The lowest BCUT2D eigenvalue weighted by molar-refractivity contribution is -0.121. The van der Waals surface area contributed by atoms with Gasteiger partial charge in [-0.2, -0.15) is 5.10 Å². The van der Waals surface area contributed by atoms with Gasteiger partial charge in [0.2, 0.25) is 5.91 Å². The molecule has 1 N–H and O–H groups in total. The number of methoxy groups -OCH3 is 1. The molecule has 1 atom stereocenters. The van der Waals surface area contributed by atoms with Gasteiger partial charge in [0.25, 0.3) is 0 Å². The maximum Gasteiger partial charge on any atom is 0.222 e. The normalized spacial score (nSPS) is 12.3. The van der Waals surface area contributed by atoms with Gasteiger partial charge >= 0.3 is 0 Å². The predicted octanol–water partition coefficient (Wildman–Crippen LogP) is 2.06. The first kappa shape index (κ1) is 15.7. The Morgan fingerprint density at radius 1 is 1.57 bits per heavy atom. The van der Waals surface area contributed by atoms with Crippen molar-refractivity contribution < 1.29 is 9.53 Å². The average Bonchev–Trinajstić information content (AvgIpc) is 3.07. The number of rotatable bonds is 7. The number of carbonyl (C=O) groups excluding carboxylic acids is 1. The number of aromatic nitrogens is 3. The minimum absolute atomic E-state index is 0.0130. The van der Waals surface area contributed by atoms with E-state index >= 15 is 0 Å². The van der Waals surface area contributed by atoms with Gasteiger partial charge < -0.3 is 10.1 Å². The SMILES string of the molecule is COCc1nc(C)c(CNC(=O)C[C@H](C)n2cccn2)s1. The van der Waals surface area contributed by atoms with E-state index in [2.05, 4.69) is 15.4 Å². The van der Waals surface area contributed by atoms with Crippen molar-refractivity contribution in [3.8, 4) is 0 Å². The molecule has 21 heavy (non-hydrogen) atoms.